The molecule has 26 heavy (non-hydrogen) atoms. The highest BCUT2D eigenvalue weighted by atomic mass is 32.2. The van der Waals surface area contributed by atoms with Crippen molar-refractivity contribution in [2.75, 3.05) is 6.61 Å². The molecule has 2 fully saturated rings. The number of benzene rings is 1. The van der Waals surface area contributed by atoms with Crippen LogP contribution in [-0.2, 0) is 10.0 Å². The SMILES string of the molecule is Cc1ccc(S(=O)(=O)N/N=C2\C[C@H](C)[C@@H](CO)[C@@H]3[C@@H]2CCC[C@@H]3O)cc1. The van der Waals surface area contributed by atoms with Gasteiger partial charge in [0.25, 0.3) is 10.0 Å². The Morgan fingerprint density at radius 2 is 1.92 bits per heavy atom. The Kier molecular flexibility index (Phi) is 5.69. The Balaban J connectivity index is 1.84. The van der Waals surface area contributed by atoms with Gasteiger partial charge in [-0.1, -0.05) is 31.0 Å². The first-order valence-electron chi connectivity index (χ1n) is 9.27. The minimum atomic E-state index is -3.71. The van der Waals surface area contributed by atoms with E-state index in [0.717, 1.165) is 30.5 Å². The number of nitrogens with one attached hydrogen (secondary N) is 1. The third-order valence-corrected chi connectivity index (χ3v) is 7.18. The van der Waals surface area contributed by atoms with Crippen LogP contribution >= 0.6 is 0 Å². The number of aliphatic hydroxyl groups excluding tert-OH is 2. The molecule has 3 rings (SSSR count). The summed E-state index contributed by atoms with van der Waals surface area (Å²) in [5.74, 6) is 0.146. The Morgan fingerprint density at radius 1 is 1.23 bits per heavy atom. The largest absolute Gasteiger partial charge is 0.396 e. The van der Waals surface area contributed by atoms with Crippen molar-refractivity contribution in [3.05, 3.63) is 29.8 Å². The fourth-order valence-electron chi connectivity index (χ4n) is 4.50. The van der Waals surface area contributed by atoms with Crippen molar-refractivity contribution in [3.63, 3.8) is 0 Å². The summed E-state index contributed by atoms with van der Waals surface area (Å²) in [6, 6.07) is 6.64. The lowest BCUT2D eigenvalue weighted by Crippen LogP contribution is -2.49. The number of nitrogens with zero attached hydrogens (tertiary/aromatic N) is 1. The van der Waals surface area contributed by atoms with Crippen molar-refractivity contribution < 1.29 is 18.6 Å². The van der Waals surface area contributed by atoms with Crippen molar-refractivity contribution in [2.24, 2.45) is 28.8 Å². The molecule has 6 nitrogen and oxygen atoms in total. The van der Waals surface area contributed by atoms with Crippen LogP contribution in [0.5, 0.6) is 0 Å². The molecule has 0 saturated heterocycles. The molecule has 5 atom stereocenters. The molecule has 3 N–H and O–H groups in total. The molecular formula is C19H28N2O4S. The predicted molar refractivity (Wildman–Crippen MR) is 100 cm³/mol. The zero-order chi connectivity index (χ0) is 18.9. The van der Waals surface area contributed by atoms with Gasteiger partial charge in [-0.05, 0) is 56.1 Å². The van der Waals surface area contributed by atoms with Crippen LogP contribution in [0, 0.1) is 30.6 Å². The van der Waals surface area contributed by atoms with E-state index >= 15 is 0 Å². The maximum Gasteiger partial charge on any atom is 0.276 e. The van der Waals surface area contributed by atoms with E-state index in [0.29, 0.717) is 6.42 Å². The van der Waals surface area contributed by atoms with Gasteiger partial charge in [-0.2, -0.15) is 13.5 Å². The number of fused-ring (bicyclic) bond motifs is 1. The molecule has 0 bridgehead atoms. The summed E-state index contributed by atoms with van der Waals surface area (Å²) in [7, 11) is -3.71. The zero-order valence-corrected chi connectivity index (χ0v) is 16.1. The van der Waals surface area contributed by atoms with Crippen LogP contribution in [0.1, 0.15) is 38.2 Å². The third-order valence-electron chi connectivity index (χ3n) is 5.96. The normalized spacial score (nSPS) is 33.7. The fraction of sp³-hybridized carbons (Fsp3) is 0.632. The van der Waals surface area contributed by atoms with Gasteiger partial charge >= 0.3 is 0 Å². The van der Waals surface area contributed by atoms with Crippen LogP contribution in [0.15, 0.2) is 34.3 Å². The number of sulfonamides is 1. The molecule has 1 aromatic rings. The monoisotopic (exact) mass is 380 g/mol. The lowest BCUT2D eigenvalue weighted by Gasteiger charge is -2.46. The summed E-state index contributed by atoms with van der Waals surface area (Å²) >= 11 is 0. The number of hydrogen-bond acceptors (Lipinski definition) is 5. The lowest BCUT2D eigenvalue weighted by atomic mass is 9.60. The first-order valence-corrected chi connectivity index (χ1v) is 10.8. The molecular weight excluding hydrogens is 352 g/mol. The van der Waals surface area contributed by atoms with Crippen molar-refractivity contribution >= 4 is 15.7 Å². The molecule has 0 radical (unpaired) electrons. The molecule has 2 saturated carbocycles. The van der Waals surface area contributed by atoms with Crippen molar-refractivity contribution in [1.82, 2.24) is 4.83 Å². The van der Waals surface area contributed by atoms with E-state index in [1.54, 1.807) is 24.3 Å². The van der Waals surface area contributed by atoms with Gasteiger partial charge in [0.15, 0.2) is 0 Å². The topological polar surface area (TPSA) is 99.0 Å². The van der Waals surface area contributed by atoms with E-state index in [1.165, 1.54) is 0 Å². The first kappa shape index (κ1) is 19.3. The Labute approximate surface area is 155 Å². The molecule has 144 valence electrons. The second-order valence-electron chi connectivity index (χ2n) is 7.72. The standard InChI is InChI=1S/C19H28N2O4S/c1-12-6-8-14(9-7-12)26(24,25)21-20-17-10-13(2)16(11-22)19-15(17)4-3-5-18(19)23/h6-9,13,15-16,18-19,21-23H,3-5,10-11H2,1-2H3/b20-17+/t13-,15+,16+,18-,19-/m0/s1. The number of rotatable bonds is 4. The van der Waals surface area contributed by atoms with Gasteiger partial charge in [0.1, 0.15) is 0 Å². The second kappa shape index (κ2) is 7.66. The maximum absolute atomic E-state index is 12.5. The summed E-state index contributed by atoms with van der Waals surface area (Å²) in [5, 5.41) is 24.5. The molecule has 2 aliphatic carbocycles. The van der Waals surface area contributed by atoms with Crippen molar-refractivity contribution in [2.45, 2.75) is 50.5 Å². The zero-order valence-electron chi connectivity index (χ0n) is 15.3. The average Bonchev–Trinajstić information content (AvgIpc) is 2.61. The molecule has 1 aromatic carbocycles. The van der Waals surface area contributed by atoms with Gasteiger partial charge in [0.2, 0.25) is 0 Å². The summed E-state index contributed by atoms with van der Waals surface area (Å²) in [6.07, 6.45) is 2.66. The second-order valence-corrected chi connectivity index (χ2v) is 9.38. The smallest absolute Gasteiger partial charge is 0.276 e. The van der Waals surface area contributed by atoms with Gasteiger partial charge in [-0.15, -0.1) is 0 Å². The molecule has 0 aliphatic heterocycles. The molecule has 7 heteroatoms. The number of hydrazone groups is 1. The summed E-state index contributed by atoms with van der Waals surface area (Å²) in [6.45, 7) is 3.98. The van der Waals surface area contributed by atoms with Crippen LogP contribution in [0.25, 0.3) is 0 Å². The molecule has 0 heterocycles. The van der Waals surface area contributed by atoms with Crippen LogP contribution in [-0.4, -0.2) is 37.1 Å². The highest BCUT2D eigenvalue weighted by Crippen LogP contribution is 2.45. The van der Waals surface area contributed by atoms with E-state index in [-0.39, 0.29) is 35.2 Å². The Bertz CT molecular complexity index is 760. The molecule has 0 aromatic heterocycles. The Hall–Kier alpha value is -1.44. The van der Waals surface area contributed by atoms with Crippen molar-refractivity contribution in [3.8, 4) is 0 Å². The van der Waals surface area contributed by atoms with E-state index in [1.807, 2.05) is 13.8 Å². The van der Waals surface area contributed by atoms with Crippen LogP contribution in [0.2, 0.25) is 0 Å². The number of hydrogen-bond donors (Lipinski definition) is 3. The maximum atomic E-state index is 12.5. The summed E-state index contributed by atoms with van der Waals surface area (Å²) < 4.78 is 25.0. The lowest BCUT2D eigenvalue weighted by molar-refractivity contribution is -0.0260. The van der Waals surface area contributed by atoms with Gasteiger partial charge in [0.05, 0.1) is 11.0 Å². The number of aliphatic hydroxyl groups is 2. The summed E-state index contributed by atoms with van der Waals surface area (Å²) in [5.41, 5.74) is 1.78. The molecule has 0 spiro atoms. The minimum Gasteiger partial charge on any atom is -0.396 e. The van der Waals surface area contributed by atoms with Gasteiger partial charge in [-0.25, -0.2) is 4.83 Å². The van der Waals surface area contributed by atoms with E-state index in [2.05, 4.69) is 9.93 Å². The molecule has 0 unspecified atom stereocenters. The quantitative estimate of drug-likeness (QED) is 0.696. The highest BCUT2D eigenvalue weighted by Gasteiger charge is 2.46. The predicted octanol–water partition coefficient (Wildman–Crippen LogP) is 2.05. The number of aryl methyl sites for hydroxylation is 1. The average molecular weight is 381 g/mol. The highest BCUT2D eigenvalue weighted by molar-refractivity contribution is 7.89. The van der Waals surface area contributed by atoms with Crippen LogP contribution < -0.4 is 4.83 Å². The van der Waals surface area contributed by atoms with Crippen LogP contribution in [0.3, 0.4) is 0 Å². The molecule has 2 aliphatic rings. The fourth-order valence-corrected chi connectivity index (χ4v) is 5.34. The third kappa shape index (κ3) is 3.80. The minimum absolute atomic E-state index is 0.0211. The molecule has 0 amide bonds. The van der Waals surface area contributed by atoms with Crippen molar-refractivity contribution in [1.29, 1.82) is 0 Å². The van der Waals surface area contributed by atoms with E-state index in [4.69, 9.17) is 0 Å². The van der Waals surface area contributed by atoms with E-state index < -0.39 is 16.1 Å². The van der Waals surface area contributed by atoms with E-state index in [9.17, 15) is 18.6 Å². The Morgan fingerprint density at radius 3 is 2.58 bits per heavy atom. The van der Waals surface area contributed by atoms with Gasteiger partial charge in [0, 0.05) is 18.2 Å². The van der Waals surface area contributed by atoms with Gasteiger partial charge in [-0.3, -0.25) is 0 Å². The van der Waals surface area contributed by atoms with Crippen LogP contribution in [0.4, 0.5) is 0 Å². The summed E-state index contributed by atoms with van der Waals surface area (Å²) in [4.78, 5) is 2.57. The first-order chi connectivity index (χ1) is 12.3. The van der Waals surface area contributed by atoms with Gasteiger partial charge < -0.3 is 10.2 Å².